The molecule has 0 spiro atoms. The van der Waals surface area contributed by atoms with E-state index in [-0.39, 0.29) is 12.2 Å². The lowest BCUT2D eigenvalue weighted by Gasteiger charge is -2.03. The number of benzene rings is 1. The topological polar surface area (TPSA) is 43.4 Å². The molecule has 3 heteroatoms. The molecule has 0 aliphatic heterocycles. The van der Waals surface area contributed by atoms with Gasteiger partial charge in [0.15, 0.2) is 5.78 Å². The largest absolute Gasteiger partial charge is 0.462 e. The molecule has 88 valence electrons. The van der Waals surface area contributed by atoms with Crippen molar-refractivity contribution in [1.29, 1.82) is 0 Å². The van der Waals surface area contributed by atoms with Gasteiger partial charge in [-0.1, -0.05) is 36.9 Å². The Balaban J connectivity index is 3.06. The fourth-order valence-corrected chi connectivity index (χ4v) is 1.27. The minimum Gasteiger partial charge on any atom is -0.462 e. The second-order valence-corrected chi connectivity index (χ2v) is 3.26. The zero-order chi connectivity index (χ0) is 12.7. The number of carbonyl (C=O) groups excluding carboxylic acids is 2. The van der Waals surface area contributed by atoms with E-state index in [4.69, 9.17) is 4.74 Å². The molecule has 3 nitrogen and oxygen atoms in total. The van der Waals surface area contributed by atoms with E-state index in [2.05, 4.69) is 6.58 Å². The number of rotatable bonds is 5. The number of ether oxygens (including phenoxy) is 1. The van der Waals surface area contributed by atoms with E-state index in [1.165, 1.54) is 6.08 Å². The van der Waals surface area contributed by atoms with Crippen LogP contribution >= 0.6 is 0 Å². The molecule has 1 aromatic rings. The Morgan fingerprint density at radius 3 is 2.47 bits per heavy atom. The lowest BCUT2D eigenvalue weighted by atomic mass is 10.1. The molecular weight excluding hydrogens is 216 g/mol. The highest BCUT2D eigenvalue weighted by atomic mass is 16.5. The Kier molecular flexibility index (Phi) is 4.88. The molecule has 0 aliphatic rings. The predicted octanol–water partition coefficient (Wildman–Crippen LogP) is 2.39. The fraction of sp³-hybridized carbons (Fsp3) is 0.143. The Morgan fingerprint density at radius 1 is 1.29 bits per heavy atom. The van der Waals surface area contributed by atoms with Crippen LogP contribution in [0.2, 0.25) is 0 Å². The van der Waals surface area contributed by atoms with Gasteiger partial charge in [0.2, 0.25) is 0 Å². The molecule has 1 rings (SSSR count). The van der Waals surface area contributed by atoms with Crippen LogP contribution in [0.3, 0.4) is 0 Å². The van der Waals surface area contributed by atoms with Crippen LogP contribution in [0.5, 0.6) is 0 Å². The second kappa shape index (κ2) is 6.43. The van der Waals surface area contributed by atoms with Crippen molar-refractivity contribution in [2.45, 2.75) is 6.92 Å². The average molecular weight is 230 g/mol. The fourth-order valence-electron chi connectivity index (χ4n) is 1.27. The van der Waals surface area contributed by atoms with Crippen LogP contribution in [-0.2, 0) is 14.3 Å². The Labute approximate surface area is 100 Å². The molecule has 17 heavy (non-hydrogen) atoms. The standard InChI is InChI=1S/C14H14O3/c1-3-13(15)12(14(16)17-4-2)10-11-8-6-5-7-9-11/h3,5-10H,1,4H2,2H3/b12-10-. The summed E-state index contributed by atoms with van der Waals surface area (Å²) in [5.41, 5.74) is 0.763. The normalized spacial score (nSPS) is 10.8. The summed E-state index contributed by atoms with van der Waals surface area (Å²) in [6.07, 6.45) is 2.60. The first-order valence-corrected chi connectivity index (χ1v) is 5.29. The molecule has 0 aromatic heterocycles. The highest BCUT2D eigenvalue weighted by Crippen LogP contribution is 2.09. The van der Waals surface area contributed by atoms with Gasteiger partial charge in [0.1, 0.15) is 5.57 Å². The smallest absolute Gasteiger partial charge is 0.342 e. The summed E-state index contributed by atoms with van der Waals surface area (Å²) in [5.74, 6) is -1.06. The summed E-state index contributed by atoms with van der Waals surface area (Å²) in [6.45, 7) is 5.29. The molecule has 0 heterocycles. The maximum atomic E-state index is 11.6. The summed E-state index contributed by atoms with van der Waals surface area (Å²) in [5, 5.41) is 0. The van der Waals surface area contributed by atoms with Gasteiger partial charge in [-0.05, 0) is 24.6 Å². The van der Waals surface area contributed by atoms with Crippen molar-refractivity contribution in [2.75, 3.05) is 6.61 Å². The third-order valence-electron chi connectivity index (χ3n) is 2.06. The number of hydrogen-bond donors (Lipinski definition) is 0. The SMILES string of the molecule is C=CC(=O)/C(=C/c1ccccc1)C(=O)OCC. The Hall–Kier alpha value is -2.16. The molecule has 0 saturated carbocycles. The van der Waals surface area contributed by atoms with Crippen LogP contribution in [0.1, 0.15) is 12.5 Å². The van der Waals surface area contributed by atoms with Gasteiger partial charge in [0.05, 0.1) is 6.61 Å². The third-order valence-corrected chi connectivity index (χ3v) is 2.06. The van der Waals surface area contributed by atoms with Gasteiger partial charge < -0.3 is 4.74 Å². The van der Waals surface area contributed by atoms with E-state index in [9.17, 15) is 9.59 Å². The number of allylic oxidation sites excluding steroid dienone is 1. The number of carbonyl (C=O) groups is 2. The predicted molar refractivity (Wildman–Crippen MR) is 66.3 cm³/mol. The molecule has 0 atom stereocenters. The summed E-state index contributed by atoms with van der Waals surface area (Å²) in [4.78, 5) is 23.1. The number of esters is 1. The second-order valence-electron chi connectivity index (χ2n) is 3.26. The quantitative estimate of drug-likeness (QED) is 0.337. The first-order valence-electron chi connectivity index (χ1n) is 5.29. The van der Waals surface area contributed by atoms with Crippen molar-refractivity contribution in [2.24, 2.45) is 0 Å². The zero-order valence-corrected chi connectivity index (χ0v) is 9.68. The first kappa shape index (κ1) is 12.9. The van der Waals surface area contributed by atoms with Crippen molar-refractivity contribution in [3.8, 4) is 0 Å². The van der Waals surface area contributed by atoms with Gasteiger partial charge in [-0.3, -0.25) is 4.79 Å². The minimum atomic E-state index is -0.624. The van der Waals surface area contributed by atoms with Crippen molar-refractivity contribution in [1.82, 2.24) is 0 Å². The molecule has 0 amide bonds. The average Bonchev–Trinajstić information content (AvgIpc) is 2.36. The van der Waals surface area contributed by atoms with Crippen molar-refractivity contribution in [3.63, 3.8) is 0 Å². The van der Waals surface area contributed by atoms with E-state index in [0.29, 0.717) is 0 Å². The van der Waals surface area contributed by atoms with Crippen molar-refractivity contribution in [3.05, 3.63) is 54.1 Å². The van der Waals surface area contributed by atoms with Crippen LogP contribution in [-0.4, -0.2) is 18.4 Å². The number of hydrogen-bond acceptors (Lipinski definition) is 3. The van der Waals surface area contributed by atoms with Crippen LogP contribution < -0.4 is 0 Å². The Bertz CT molecular complexity index is 444. The van der Waals surface area contributed by atoms with Crippen LogP contribution in [0.4, 0.5) is 0 Å². The van der Waals surface area contributed by atoms with Gasteiger partial charge in [-0.15, -0.1) is 0 Å². The van der Waals surface area contributed by atoms with Crippen molar-refractivity contribution < 1.29 is 14.3 Å². The summed E-state index contributed by atoms with van der Waals surface area (Å²) < 4.78 is 4.82. The van der Waals surface area contributed by atoms with Crippen LogP contribution in [0.25, 0.3) is 6.08 Å². The molecular formula is C14H14O3. The van der Waals surface area contributed by atoms with E-state index in [1.54, 1.807) is 19.1 Å². The van der Waals surface area contributed by atoms with Gasteiger partial charge in [0.25, 0.3) is 0 Å². The molecule has 1 aromatic carbocycles. The lowest BCUT2D eigenvalue weighted by Crippen LogP contribution is -2.14. The van der Waals surface area contributed by atoms with E-state index in [0.717, 1.165) is 11.6 Å². The van der Waals surface area contributed by atoms with Gasteiger partial charge in [0, 0.05) is 0 Å². The van der Waals surface area contributed by atoms with Gasteiger partial charge >= 0.3 is 5.97 Å². The van der Waals surface area contributed by atoms with Crippen LogP contribution in [0.15, 0.2) is 48.6 Å². The summed E-state index contributed by atoms with van der Waals surface area (Å²) in [7, 11) is 0. The maximum absolute atomic E-state index is 11.6. The first-order chi connectivity index (χ1) is 8.19. The molecule has 0 aliphatic carbocycles. The third kappa shape index (κ3) is 3.72. The van der Waals surface area contributed by atoms with Crippen molar-refractivity contribution >= 4 is 17.8 Å². The highest BCUT2D eigenvalue weighted by molar-refractivity contribution is 6.24. The van der Waals surface area contributed by atoms with E-state index in [1.807, 2.05) is 18.2 Å². The van der Waals surface area contributed by atoms with Gasteiger partial charge in [-0.2, -0.15) is 0 Å². The molecule has 0 fully saturated rings. The van der Waals surface area contributed by atoms with Crippen LogP contribution in [0, 0.1) is 0 Å². The molecule has 0 N–H and O–H groups in total. The monoisotopic (exact) mass is 230 g/mol. The highest BCUT2D eigenvalue weighted by Gasteiger charge is 2.16. The van der Waals surface area contributed by atoms with E-state index >= 15 is 0 Å². The van der Waals surface area contributed by atoms with E-state index < -0.39 is 11.8 Å². The molecule has 0 unspecified atom stereocenters. The minimum absolute atomic E-state index is 0.00644. The zero-order valence-electron chi connectivity index (χ0n) is 9.68. The lowest BCUT2D eigenvalue weighted by molar-refractivity contribution is -0.139. The molecule has 0 saturated heterocycles. The number of ketones is 1. The molecule has 0 radical (unpaired) electrons. The Morgan fingerprint density at radius 2 is 1.94 bits per heavy atom. The van der Waals surface area contributed by atoms with Gasteiger partial charge in [-0.25, -0.2) is 4.79 Å². The molecule has 0 bridgehead atoms. The summed E-state index contributed by atoms with van der Waals surface area (Å²) in [6, 6.07) is 9.11. The summed E-state index contributed by atoms with van der Waals surface area (Å²) >= 11 is 0. The maximum Gasteiger partial charge on any atom is 0.342 e.